The van der Waals surface area contributed by atoms with Crippen LogP contribution in [0.4, 0.5) is 5.69 Å². The molecule has 0 fully saturated rings. The van der Waals surface area contributed by atoms with Crippen molar-refractivity contribution in [3.8, 4) is 11.1 Å². The maximum absolute atomic E-state index is 12.5. The van der Waals surface area contributed by atoms with Crippen molar-refractivity contribution >= 4 is 23.1 Å². The highest BCUT2D eigenvalue weighted by atomic mass is 35.5. The number of hydrogen-bond acceptors (Lipinski definition) is 4. The van der Waals surface area contributed by atoms with Crippen molar-refractivity contribution in [2.24, 2.45) is 0 Å². The van der Waals surface area contributed by atoms with Crippen LogP contribution in [0.1, 0.15) is 35.5 Å². The number of aryl methyl sites for hydroxylation is 1. The number of nitrogens with one attached hydrogen (secondary N) is 1. The van der Waals surface area contributed by atoms with Gasteiger partial charge in [0.15, 0.2) is 5.78 Å². The highest BCUT2D eigenvalue weighted by Crippen LogP contribution is 2.30. The maximum atomic E-state index is 12.5. The molecule has 0 aliphatic heterocycles. The lowest BCUT2D eigenvalue weighted by molar-refractivity contribution is 0.0991. The molecule has 0 atom stereocenters. The van der Waals surface area contributed by atoms with Crippen LogP contribution in [0.25, 0.3) is 11.1 Å². The van der Waals surface area contributed by atoms with Gasteiger partial charge in [-0.05, 0) is 56.7 Å². The van der Waals surface area contributed by atoms with E-state index >= 15 is 0 Å². The van der Waals surface area contributed by atoms with Crippen LogP contribution in [-0.4, -0.2) is 21.8 Å². The summed E-state index contributed by atoms with van der Waals surface area (Å²) < 4.78 is 0. The first-order chi connectivity index (χ1) is 12.9. The zero-order valence-electron chi connectivity index (χ0n) is 15.7. The summed E-state index contributed by atoms with van der Waals surface area (Å²) in [7, 11) is 0. The molecule has 27 heavy (non-hydrogen) atoms. The minimum Gasteiger partial charge on any atom is -0.383 e. The first kappa shape index (κ1) is 19.1. The molecule has 5 heteroatoms. The van der Waals surface area contributed by atoms with Crippen LogP contribution in [0.5, 0.6) is 0 Å². The number of nitrogens with zero attached hydrogens (tertiary/aromatic N) is 2. The fourth-order valence-electron chi connectivity index (χ4n) is 2.87. The smallest absolute Gasteiger partial charge is 0.170 e. The Balaban J connectivity index is 1.80. The molecule has 2 heterocycles. The third-order valence-electron chi connectivity index (χ3n) is 4.24. The number of aromatic nitrogens is 2. The number of benzene rings is 1. The molecular formula is C22H22ClN3O. The number of carbonyl (C=O) groups excluding carboxylic acids is 1. The Hall–Kier alpha value is -2.72. The minimum atomic E-state index is 0.0158. The van der Waals surface area contributed by atoms with Crippen molar-refractivity contribution < 1.29 is 4.79 Å². The normalized spacial score (nSPS) is 10.9. The van der Waals surface area contributed by atoms with Crippen molar-refractivity contribution in [2.75, 3.05) is 5.32 Å². The van der Waals surface area contributed by atoms with Gasteiger partial charge < -0.3 is 5.32 Å². The van der Waals surface area contributed by atoms with Crippen molar-refractivity contribution in [2.45, 2.75) is 33.2 Å². The third kappa shape index (κ3) is 4.72. The molecule has 0 radical (unpaired) electrons. The van der Waals surface area contributed by atoms with Crippen LogP contribution in [0.3, 0.4) is 0 Å². The van der Waals surface area contributed by atoms with E-state index in [2.05, 4.69) is 29.1 Å². The maximum Gasteiger partial charge on any atom is 0.170 e. The zero-order valence-corrected chi connectivity index (χ0v) is 16.4. The quantitative estimate of drug-likeness (QED) is 0.586. The summed E-state index contributed by atoms with van der Waals surface area (Å²) in [6.45, 7) is 6.09. The van der Waals surface area contributed by atoms with Crippen LogP contribution in [-0.2, 0) is 6.42 Å². The molecule has 0 amide bonds. The number of rotatable bonds is 6. The second-order valence-electron chi connectivity index (χ2n) is 6.82. The SMILES string of the molecule is Cc1ccncc1C(=O)Cc1ccc(-c2cc(NC(C)C)ccc2Cl)cn1. The summed E-state index contributed by atoms with van der Waals surface area (Å²) in [6.07, 6.45) is 5.30. The molecule has 2 aromatic heterocycles. The van der Waals surface area contributed by atoms with Crippen LogP contribution in [0, 0.1) is 6.92 Å². The van der Waals surface area contributed by atoms with Gasteiger partial charge in [0, 0.05) is 57.7 Å². The van der Waals surface area contributed by atoms with E-state index in [1.165, 1.54) is 0 Å². The van der Waals surface area contributed by atoms with E-state index in [-0.39, 0.29) is 12.2 Å². The first-order valence-corrected chi connectivity index (χ1v) is 9.27. The van der Waals surface area contributed by atoms with Gasteiger partial charge >= 0.3 is 0 Å². The lowest BCUT2D eigenvalue weighted by Crippen LogP contribution is -2.09. The highest BCUT2D eigenvalue weighted by molar-refractivity contribution is 6.33. The molecular weight excluding hydrogens is 358 g/mol. The molecule has 0 aliphatic carbocycles. The predicted octanol–water partition coefficient (Wildman–Crippen LogP) is 5.35. The van der Waals surface area contributed by atoms with Crippen molar-refractivity contribution in [1.82, 2.24) is 9.97 Å². The van der Waals surface area contributed by atoms with Crippen LogP contribution in [0.15, 0.2) is 55.0 Å². The lowest BCUT2D eigenvalue weighted by atomic mass is 10.0. The summed E-state index contributed by atoms with van der Waals surface area (Å²) >= 11 is 6.37. The number of anilines is 1. The number of carbonyl (C=O) groups is 1. The predicted molar refractivity (Wildman–Crippen MR) is 110 cm³/mol. The second kappa shape index (κ2) is 8.31. The lowest BCUT2D eigenvalue weighted by Gasteiger charge is -2.13. The molecule has 4 nitrogen and oxygen atoms in total. The first-order valence-electron chi connectivity index (χ1n) is 8.89. The largest absolute Gasteiger partial charge is 0.383 e. The van der Waals surface area contributed by atoms with E-state index in [1.807, 2.05) is 43.3 Å². The van der Waals surface area contributed by atoms with Gasteiger partial charge in [-0.1, -0.05) is 17.7 Å². The average molecular weight is 380 g/mol. The monoisotopic (exact) mass is 379 g/mol. The van der Waals surface area contributed by atoms with Gasteiger partial charge in [0.2, 0.25) is 0 Å². The summed E-state index contributed by atoms with van der Waals surface area (Å²) in [5.74, 6) is 0.0158. The molecule has 138 valence electrons. The third-order valence-corrected chi connectivity index (χ3v) is 4.57. The Morgan fingerprint density at radius 3 is 2.63 bits per heavy atom. The van der Waals surface area contributed by atoms with Crippen LogP contribution in [0.2, 0.25) is 5.02 Å². The van der Waals surface area contributed by atoms with Crippen molar-refractivity contribution in [3.63, 3.8) is 0 Å². The van der Waals surface area contributed by atoms with E-state index < -0.39 is 0 Å². The van der Waals surface area contributed by atoms with Gasteiger partial charge in [0.25, 0.3) is 0 Å². The topological polar surface area (TPSA) is 54.9 Å². The van der Waals surface area contributed by atoms with Gasteiger partial charge in [-0.15, -0.1) is 0 Å². The Bertz CT molecular complexity index is 952. The summed E-state index contributed by atoms with van der Waals surface area (Å²) in [6, 6.07) is 11.9. The molecule has 0 bridgehead atoms. The molecule has 3 rings (SSSR count). The van der Waals surface area contributed by atoms with Gasteiger partial charge in [-0.25, -0.2) is 0 Å². The Labute approximate surface area is 164 Å². The Morgan fingerprint density at radius 2 is 1.96 bits per heavy atom. The van der Waals surface area contributed by atoms with Crippen LogP contribution < -0.4 is 5.32 Å². The van der Waals surface area contributed by atoms with E-state index in [4.69, 9.17) is 11.6 Å². The number of pyridine rings is 2. The average Bonchev–Trinajstić information content (AvgIpc) is 2.64. The molecule has 0 aliphatic rings. The highest BCUT2D eigenvalue weighted by Gasteiger charge is 2.12. The van der Waals surface area contributed by atoms with Crippen molar-refractivity contribution in [1.29, 1.82) is 0 Å². The number of halogens is 1. The molecule has 0 unspecified atom stereocenters. The molecule has 3 aromatic rings. The van der Waals surface area contributed by atoms with E-state index in [0.717, 1.165) is 28.1 Å². The standard InChI is InChI=1S/C22H22ClN3O/c1-14(2)26-18-6-7-21(23)19(10-18)16-4-5-17(25-12-16)11-22(27)20-13-24-9-8-15(20)3/h4-10,12-14,26H,11H2,1-3H3. The van der Waals surface area contributed by atoms with Gasteiger partial charge in [0.1, 0.15) is 0 Å². The molecule has 1 N–H and O–H groups in total. The Kier molecular flexibility index (Phi) is 5.87. The molecule has 1 aromatic carbocycles. The van der Waals surface area contributed by atoms with E-state index in [9.17, 15) is 4.79 Å². The minimum absolute atomic E-state index is 0.0158. The number of ketones is 1. The summed E-state index contributed by atoms with van der Waals surface area (Å²) in [4.78, 5) is 21.0. The van der Waals surface area contributed by atoms with Crippen molar-refractivity contribution in [3.05, 3.63) is 76.8 Å². The van der Waals surface area contributed by atoms with Gasteiger partial charge in [-0.2, -0.15) is 0 Å². The second-order valence-corrected chi connectivity index (χ2v) is 7.23. The van der Waals surface area contributed by atoms with Gasteiger partial charge in [0.05, 0.1) is 6.42 Å². The van der Waals surface area contributed by atoms with E-state index in [1.54, 1.807) is 18.6 Å². The van der Waals surface area contributed by atoms with E-state index in [0.29, 0.717) is 16.6 Å². The number of Topliss-reactive ketones (excluding diaryl/α,β-unsaturated/α-hetero) is 1. The van der Waals surface area contributed by atoms with Crippen LogP contribution >= 0.6 is 11.6 Å². The molecule has 0 spiro atoms. The van der Waals surface area contributed by atoms with Gasteiger partial charge in [-0.3, -0.25) is 14.8 Å². The fourth-order valence-corrected chi connectivity index (χ4v) is 3.10. The Morgan fingerprint density at radius 1 is 1.15 bits per heavy atom. The molecule has 0 saturated heterocycles. The molecule has 0 saturated carbocycles. The summed E-state index contributed by atoms with van der Waals surface area (Å²) in [5.41, 5.74) is 5.12. The number of hydrogen-bond donors (Lipinski definition) is 1. The fraction of sp³-hybridized carbons (Fsp3) is 0.227. The summed E-state index contributed by atoms with van der Waals surface area (Å²) in [5, 5.41) is 4.04. The zero-order chi connectivity index (χ0) is 19.4.